The van der Waals surface area contributed by atoms with Gasteiger partial charge in [0.2, 0.25) is 0 Å². The van der Waals surface area contributed by atoms with Gasteiger partial charge in [-0.1, -0.05) is 6.92 Å². The molecule has 1 atom stereocenters. The van der Waals surface area contributed by atoms with Crippen molar-refractivity contribution in [1.82, 2.24) is 10.2 Å². The Morgan fingerprint density at radius 3 is 2.71 bits per heavy atom. The highest BCUT2D eigenvalue weighted by Crippen LogP contribution is 2.29. The second kappa shape index (κ2) is 7.34. The molecular weight excluding hydrogens is 212 g/mol. The first-order chi connectivity index (χ1) is 8.09. The van der Waals surface area contributed by atoms with E-state index in [1.165, 1.54) is 19.3 Å². The lowest BCUT2D eigenvalue weighted by Gasteiger charge is -2.41. The molecule has 1 rings (SSSR count). The molecule has 1 N–H and O–H groups in total. The van der Waals surface area contributed by atoms with Gasteiger partial charge >= 0.3 is 0 Å². The van der Waals surface area contributed by atoms with Crippen molar-refractivity contribution in [2.24, 2.45) is 5.41 Å². The van der Waals surface area contributed by atoms with E-state index in [2.05, 4.69) is 38.0 Å². The fraction of sp³-hybridized carbons (Fsp3) is 1.00. The third-order valence-electron chi connectivity index (χ3n) is 3.80. The fourth-order valence-electron chi connectivity index (χ4n) is 2.47. The van der Waals surface area contributed by atoms with Gasteiger partial charge in [-0.3, -0.25) is 0 Å². The Morgan fingerprint density at radius 2 is 2.18 bits per heavy atom. The second-order valence-electron chi connectivity index (χ2n) is 5.84. The zero-order valence-electron chi connectivity index (χ0n) is 12.1. The van der Waals surface area contributed by atoms with Crippen LogP contribution in [0, 0.1) is 5.41 Å². The molecule has 3 nitrogen and oxygen atoms in total. The van der Waals surface area contributed by atoms with Gasteiger partial charge in [0.1, 0.15) is 0 Å². The summed E-state index contributed by atoms with van der Waals surface area (Å²) < 4.78 is 5.73. The van der Waals surface area contributed by atoms with Crippen LogP contribution in [-0.4, -0.2) is 50.8 Å². The van der Waals surface area contributed by atoms with Crippen LogP contribution in [0.1, 0.15) is 40.0 Å². The van der Waals surface area contributed by atoms with E-state index in [1.54, 1.807) is 0 Å². The molecule has 17 heavy (non-hydrogen) atoms. The molecule has 0 aliphatic carbocycles. The van der Waals surface area contributed by atoms with Gasteiger partial charge in [0.05, 0.1) is 6.61 Å². The van der Waals surface area contributed by atoms with Crippen LogP contribution in [0.5, 0.6) is 0 Å². The normalized spacial score (nSPS) is 25.8. The van der Waals surface area contributed by atoms with E-state index in [-0.39, 0.29) is 0 Å². The van der Waals surface area contributed by atoms with E-state index in [4.69, 9.17) is 4.74 Å². The fourth-order valence-corrected chi connectivity index (χ4v) is 2.47. The molecule has 1 heterocycles. The smallest absolute Gasteiger partial charge is 0.0546 e. The molecule has 0 spiro atoms. The standard InChI is InChI=1S/C14H30N2O/c1-5-8-15-10-14(7-6-9-17-12-14)11-16(4)13(2)3/h13,15H,5-12H2,1-4H3. The quantitative estimate of drug-likeness (QED) is 0.692. The SMILES string of the molecule is CCCNCC1(CN(C)C(C)C)CCCOC1. The summed E-state index contributed by atoms with van der Waals surface area (Å²) in [5.41, 5.74) is 0.326. The molecule has 102 valence electrons. The highest BCUT2D eigenvalue weighted by Gasteiger charge is 2.34. The Labute approximate surface area is 107 Å². The average Bonchev–Trinajstić information content (AvgIpc) is 2.30. The average molecular weight is 242 g/mol. The van der Waals surface area contributed by atoms with Gasteiger partial charge in [-0.25, -0.2) is 0 Å². The van der Waals surface area contributed by atoms with Crippen molar-refractivity contribution >= 4 is 0 Å². The Bertz CT molecular complexity index is 200. The minimum atomic E-state index is 0.326. The van der Waals surface area contributed by atoms with E-state index in [0.717, 1.165) is 32.8 Å². The predicted octanol–water partition coefficient (Wildman–Crippen LogP) is 2.12. The van der Waals surface area contributed by atoms with Crippen molar-refractivity contribution in [2.75, 3.05) is 39.9 Å². The number of hydrogen-bond acceptors (Lipinski definition) is 3. The highest BCUT2D eigenvalue weighted by molar-refractivity contribution is 4.87. The maximum Gasteiger partial charge on any atom is 0.0546 e. The lowest BCUT2D eigenvalue weighted by molar-refractivity contribution is -0.0263. The van der Waals surface area contributed by atoms with E-state index in [1.807, 2.05) is 0 Å². The molecule has 0 aromatic rings. The van der Waals surface area contributed by atoms with E-state index in [0.29, 0.717) is 11.5 Å². The largest absolute Gasteiger partial charge is 0.381 e. The summed E-state index contributed by atoms with van der Waals surface area (Å²) in [7, 11) is 2.22. The van der Waals surface area contributed by atoms with Crippen molar-refractivity contribution in [2.45, 2.75) is 46.1 Å². The molecular formula is C14H30N2O. The first kappa shape index (κ1) is 14.9. The van der Waals surface area contributed by atoms with Crippen LogP contribution < -0.4 is 5.32 Å². The molecule has 0 aromatic heterocycles. The summed E-state index contributed by atoms with van der Waals surface area (Å²) in [6.07, 6.45) is 3.71. The lowest BCUT2D eigenvalue weighted by Crippen LogP contribution is -2.49. The van der Waals surface area contributed by atoms with Crippen LogP contribution in [0.25, 0.3) is 0 Å². The Hall–Kier alpha value is -0.120. The maximum atomic E-state index is 5.73. The van der Waals surface area contributed by atoms with E-state index in [9.17, 15) is 0 Å². The second-order valence-corrected chi connectivity index (χ2v) is 5.84. The molecule has 1 aliphatic rings. The van der Waals surface area contributed by atoms with Crippen LogP contribution in [-0.2, 0) is 4.74 Å². The summed E-state index contributed by atoms with van der Waals surface area (Å²) in [6, 6.07) is 0.611. The minimum absolute atomic E-state index is 0.326. The van der Waals surface area contributed by atoms with Gasteiger partial charge in [0.25, 0.3) is 0 Å². The molecule has 0 bridgehead atoms. The third-order valence-corrected chi connectivity index (χ3v) is 3.80. The number of hydrogen-bond donors (Lipinski definition) is 1. The van der Waals surface area contributed by atoms with Crippen molar-refractivity contribution in [3.8, 4) is 0 Å². The van der Waals surface area contributed by atoms with E-state index >= 15 is 0 Å². The van der Waals surface area contributed by atoms with Crippen LogP contribution in [0.2, 0.25) is 0 Å². The van der Waals surface area contributed by atoms with Crippen molar-refractivity contribution in [3.63, 3.8) is 0 Å². The summed E-state index contributed by atoms with van der Waals surface area (Å²) in [5.74, 6) is 0. The zero-order chi connectivity index (χ0) is 12.7. The summed E-state index contributed by atoms with van der Waals surface area (Å²) in [6.45, 7) is 12.0. The molecule has 1 aliphatic heterocycles. The Balaban J connectivity index is 2.51. The highest BCUT2D eigenvalue weighted by atomic mass is 16.5. The summed E-state index contributed by atoms with van der Waals surface area (Å²) in [4.78, 5) is 2.45. The summed E-state index contributed by atoms with van der Waals surface area (Å²) >= 11 is 0. The Morgan fingerprint density at radius 1 is 1.41 bits per heavy atom. The van der Waals surface area contributed by atoms with Crippen LogP contribution in [0.4, 0.5) is 0 Å². The monoisotopic (exact) mass is 242 g/mol. The predicted molar refractivity (Wildman–Crippen MR) is 73.4 cm³/mol. The molecule has 0 radical (unpaired) electrons. The van der Waals surface area contributed by atoms with Gasteiger partial charge in [0, 0.05) is 31.2 Å². The minimum Gasteiger partial charge on any atom is -0.381 e. The first-order valence-corrected chi connectivity index (χ1v) is 7.08. The number of rotatable bonds is 7. The molecule has 3 heteroatoms. The zero-order valence-corrected chi connectivity index (χ0v) is 12.1. The van der Waals surface area contributed by atoms with Crippen molar-refractivity contribution in [3.05, 3.63) is 0 Å². The third kappa shape index (κ3) is 4.94. The van der Waals surface area contributed by atoms with Gasteiger partial charge in [-0.05, 0) is 46.7 Å². The van der Waals surface area contributed by atoms with Crippen molar-refractivity contribution < 1.29 is 4.74 Å². The molecule has 1 unspecified atom stereocenters. The topological polar surface area (TPSA) is 24.5 Å². The van der Waals surface area contributed by atoms with Crippen LogP contribution in [0.3, 0.4) is 0 Å². The molecule has 0 saturated carbocycles. The number of nitrogens with zero attached hydrogens (tertiary/aromatic N) is 1. The lowest BCUT2D eigenvalue weighted by atomic mass is 9.81. The van der Waals surface area contributed by atoms with E-state index < -0.39 is 0 Å². The Kier molecular flexibility index (Phi) is 6.45. The molecule has 1 fully saturated rings. The molecule has 0 amide bonds. The van der Waals surface area contributed by atoms with Crippen LogP contribution in [0.15, 0.2) is 0 Å². The number of nitrogens with one attached hydrogen (secondary N) is 1. The molecule has 1 saturated heterocycles. The van der Waals surface area contributed by atoms with Gasteiger partial charge < -0.3 is 15.0 Å². The summed E-state index contributed by atoms with van der Waals surface area (Å²) in [5, 5.41) is 3.58. The molecule has 0 aromatic carbocycles. The van der Waals surface area contributed by atoms with Gasteiger partial charge in [-0.2, -0.15) is 0 Å². The van der Waals surface area contributed by atoms with Crippen molar-refractivity contribution in [1.29, 1.82) is 0 Å². The van der Waals surface area contributed by atoms with Gasteiger partial charge in [-0.15, -0.1) is 0 Å². The van der Waals surface area contributed by atoms with Crippen LogP contribution >= 0.6 is 0 Å². The number of ether oxygens (including phenoxy) is 1. The first-order valence-electron chi connectivity index (χ1n) is 7.08. The maximum absolute atomic E-state index is 5.73. The van der Waals surface area contributed by atoms with Gasteiger partial charge in [0.15, 0.2) is 0 Å².